The summed E-state index contributed by atoms with van der Waals surface area (Å²) in [5.41, 5.74) is 1.36. The van der Waals surface area contributed by atoms with E-state index in [9.17, 15) is 0 Å². The van der Waals surface area contributed by atoms with Crippen molar-refractivity contribution in [2.24, 2.45) is 0 Å². The smallest absolute Gasteiger partial charge is 0.119 e. The van der Waals surface area contributed by atoms with Crippen LogP contribution in [0.2, 0.25) is 0 Å². The third-order valence-electron chi connectivity index (χ3n) is 1.86. The number of hydrogen-bond acceptors (Lipinski definition) is 2. The third-order valence-corrected chi connectivity index (χ3v) is 2.40. The van der Waals surface area contributed by atoms with Gasteiger partial charge in [0, 0.05) is 11.5 Å². The molecule has 0 spiro atoms. The van der Waals surface area contributed by atoms with E-state index in [4.69, 9.17) is 9.47 Å². The van der Waals surface area contributed by atoms with Crippen LogP contribution in [0.25, 0.3) is 0 Å². The average molecular weight is 306 g/mol. The molecule has 1 rings (SSSR count). The first-order valence-electron chi connectivity index (χ1n) is 4.63. The highest BCUT2D eigenvalue weighted by molar-refractivity contribution is 14.1. The molecular formula is C11H15IO2. The second-order valence-electron chi connectivity index (χ2n) is 2.92. The first-order chi connectivity index (χ1) is 6.86. The second-order valence-corrected chi connectivity index (χ2v) is 4.00. The van der Waals surface area contributed by atoms with Gasteiger partial charge in [0.25, 0.3) is 0 Å². The van der Waals surface area contributed by atoms with E-state index in [1.165, 1.54) is 5.56 Å². The summed E-state index contributed by atoms with van der Waals surface area (Å²) in [4.78, 5) is 0. The molecule has 14 heavy (non-hydrogen) atoms. The van der Waals surface area contributed by atoms with Crippen molar-refractivity contribution in [3.8, 4) is 5.75 Å². The SMILES string of the molecule is COCCOc1ccc(CCI)cc1. The normalized spacial score (nSPS) is 10.1. The highest BCUT2D eigenvalue weighted by atomic mass is 127. The van der Waals surface area contributed by atoms with E-state index in [1.807, 2.05) is 12.1 Å². The van der Waals surface area contributed by atoms with Gasteiger partial charge in [-0.3, -0.25) is 0 Å². The number of aryl methyl sites for hydroxylation is 1. The molecular weight excluding hydrogens is 291 g/mol. The van der Waals surface area contributed by atoms with Gasteiger partial charge in [-0.25, -0.2) is 0 Å². The van der Waals surface area contributed by atoms with Crippen LogP contribution in [0.3, 0.4) is 0 Å². The predicted molar refractivity (Wildman–Crippen MR) is 66.4 cm³/mol. The monoisotopic (exact) mass is 306 g/mol. The Bertz CT molecular complexity index is 246. The molecule has 0 saturated carbocycles. The summed E-state index contributed by atoms with van der Waals surface area (Å²) in [5, 5.41) is 0. The van der Waals surface area contributed by atoms with Crippen LogP contribution in [-0.4, -0.2) is 24.8 Å². The maximum Gasteiger partial charge on any atom is 0.119 e. The van der Waals surface area contributed by atoms with Crippen LogP contribution in [0, 0.1) is 0 Å². The lowest BCUT2D eigenvalue weighted by Gasteiger charge is -2.05. The summed E-state index contributed by atoms with van der Waals surface area (Å²) >= 11 is 2.38. The van der Waals surface area contributed by atoms with Gasteiger partial charge in [-0.1, -0.05) is 34.7 Å². The number of hydrogen-bond donors (Lipinski definition) is 0. The van der Waals surface area contributed by atoms with Gasteiger partial charge in [0.1, 0.15) is 12.4 Å². The summed E-state index contributed by atoms with van der Waals surface area (Å²) in [6.07, 6.45) is 1.12. The molecule has 2 nitrogen and oxygen atoms in total. The summed E-state index contributed by atoms with van der Waals surface area (Å²) in [6.45, 7) is 1.25. The van der Waals surface area contributed by atoms with E-state index in [0.717, 1.165) is 16.6 Å². The van der Waals surface area contributed by atoms with Crippen LogP contribution in [0.1, 0.15) is 5.56 Å². The van der Waals surface area contributed by atoms with Gasteiger partial charge in [-0.05, 0) is 24.1 Å². The first-order valence-corrected chi connectivity index (χ1v) is 6.16. The van der Waals surface area contributed by atoms with Crippen LogP contribution < -0.4 is 4.74 Å². The molecule has 78 valence electrons. The lowest BCUT2D eigenvalue weighted by molar-refractivity contribution is 0.146. The fourth-order valence-electron chi connectivity index (χ4n) is 1.10. The Balaban J connectivity index is 2.38. The molecule has 3 heteroatoms. The molecule has 1 aromatic rings. The van der Waals surface area contributed by atoms with Gasteiger partial charge in [0.05, 0.1) is 6.61 Å². The lowest BCUT2D eigenvalue weighted by atomic mass is 10.2. The second kappa shape index (κ2) is 7.06. The predicted octanol–water partition coefficient (Wildman–Crippen LogP) is 2.69. The molecule has 0 aliphatic rings. The molecule has 1 aromatic carbocycles. The topological polar surface area (TPSA) is 18.5 Å². The third kappa shape index (κ3) is 4.28. The quantitative estimate of drug-likeness (QED) is 0.457. The minimum atomic E-state index is 0.613. The molecule has 0 saturated heterocycles. The molecule has 0 unspecified atom stereocenters. The molecule has 0 aliphatic heterocycles. The van der Waals surface area contributed by atoms with Crippen molar-refractivity contribution in [1.29, 1.82) is 0 Å². The van der Waals surface area contributed by atoms with E-state index in [1.54, 1.807) is 7.11 Å². The summed E-state index contributed by atoms with van der Waals surface area (Å²) in [6, 6.07) is 8.25. The molecule has 0 amide bonds. The largest absolute Gasteiger partial charge is 0.491 e. The maximum absolute atomic E-state index is 5.45. The molecule has 0 bridgehead atoms. The van der Waals surface area contributed by atoms with E-state index in [2.05, 4.69) is 34.7 Å². The molecule has 0 radical (unpaired) electrons. The van der Waals surface area contributed by atoms with Crippen molar-refractivity contribution in [1.82, 2.24) is 0 Å². The summed E-state index contributed by atoms with van der Waals surface area (Å²) in [7, 11) is 1.67. The number of methoxy groups -OCH3 is 1. The number of alkyl halides is 1. The van der Waals surface area contributed by atoms with E-state index >= 15 is 0 Å². The fourth-order valence-corrected chi connectivity index (χ4v) is 1.73. The van der Waals surface area contributed by atoms with E-state index in [0.29, 0.717) is 13.2 Å². The van der Waals surface area contributed by atoms with Crippen LogP contribution in [0.4, 0.5) is 0 Å². The van der Waals surface area contributed by atoms with Gasteiger partial charge in [0.15, 0.2) is 0 Å². The van der Waals surface area contributed by atoms with Crippen LogP contribution in [-0.2, 0) is 11.2 Å². The molecule has 0 N–H and O–H groups in total. The van der Waals surface area contributed by atoms with Crippen molar-refractivity contribution in [2.75, 3.05) is 24.8 Å². The molecule has 0 heterocycles. The van der Waals surface area contributed by atoms with Gasteiger partial charge in [-0.15, -0.1) is 0 Å². The van der Waals surface area contributed by atoms with E-state index in [-0.39, 0.29) is 0 Å². The Kier molecular flexibility index (Phi) is 5.94. The van der Waals surface area contributed by atoms with Crippen molar-refractivity contribution < 1.29 is 9.47 Å². The average Bonchev–Trinajstić information content (AvgIpc) is 2.21. The lowest BCUT2D eigenvalue weighted by Crippen LogP contribution is -2.04. The van der Waals surface area contributed by atoms with Gasteiger partial charge < -0.3 is 9.47 Å². The number of benzene rings is 1. The maximum atomic E-state index is 5.45. The number of ether oxygens (including phenoxy) is 2. The molecule has 0 aliphatic carbocycles. The number of rotatable bonds is 6. The minimum Gasteiger partial charge on any atom is -0.491 e. The Labute approximate surface area is 98.7 Å². The molecule has 0 fully saturated rings. The van der Waals surface area contributed by atoms with Gasteiger partial charge in [-0.2, -0.15) is 0 Å². The summed E-state index contributed by atoms with van der Waals surface area (Å²) in [5.74, 6) is 0.916. The Morgan fingerprint density at radius 3 is 2.43 bits per heavy atom. The molecule has 0 aromatic heterocycles. The summed E-state index contributed by atoms with van der Waals surface area (Å²) < 4.78 is 11.5. The van der Waals surface area contributed by atoms with Gasteiger partial charge >= 0.3 is 0 Å². The molecule has 0 atom stereocenters. The number of halogens is 1. The zero-order valence-electron chi connectivity index (χ0n) is 8.33. The van der Waals surface area contributed by atoms with Crippen molar-refractivity contribution in [3.63, 3.8) is 0 Å². The zero-order chi connectivity index (χ0) is 10.2. The van der Waals surface area contributed by atoms with Crippen molar-refractivity contribution in [2.45, 2.75) is 6.42 Å². The Hall–Kier alpha value is -0.290. The van der Waals surface area contributed by atoms with Gasteiger partial charge in [0.2, 0.25) is 0 Å². The highest BCUT2D eigenvalue weighted by Crippen LogP contribution is 2.12. The highest BCUT2D eigenvalue weighted by Gasteiger charge is 1.94. The minimum absolute atomic E-state index is 0.613. The van der Waals surface area contributed by atoms with Crippen molar-refractivity contribution in [3.05, 3.63) is 29.8 Å². The first kappa shape index (κ1) is 11.8. The zero-order valence-corrected chi connectivity index (χ0v) is 10.5. The fraction of sp³-hybridized carbons (Fsp3) is 0.455. The van der Waals surface area contributed by atoms with Crippen LogP contribution in [0.15, 0.2) is 24.3 Å². The Morgan fingerprint density at radius 1 is 1.14 bits per heavy atom. The standard InChI is InChI=1S/C11H15IO2/c1-13-8-9-14-11-4-2-10(3-5-11)6-7-12/h2-5H,6-9H2,1H3. The van der Waals surface area contributed by atoms with Crippen LogP contribution >= 0.6 is 22.6 Å². The van der Waals surface area contributed by atoms with Crippen LogP contribution in [0.5, 0.6) is 5.75 Å². The Morgan fingerprint density at radius 2 is 1.86 bits per heavy atom. The van der Waals surface area contributed by atoms with E-state index < -0.39 is 0 Å². The van der Waals surface area contributed by atoms with Crippen molar-refractivity contribution >= 4 is 22.6 Å².